The molecule has 4 nitrogen and oxygen atoms in total. The number of rotatable bonds is 4. The lowest BCUT2D eigenvalue weighted by molar-refractivity contribution is 0.301. The Balaban J connectivity index is 2.11. The summed E-state index contributed by atoms with van der Waals surface area (Å²) in [4.78, 5) is 4.39. The molecule has 0 radical (unpaired) electrons. The second kappa shape index (κ2) is 5.51. The molecule has 0 saturated carbocycles. The average Bonchev–Trinajstić information content (AvgIpc) is 2.37. The molecule has 0 aliphatic heterocycles. The van der Waals surface area contributed by atoms with Crippen molar-refractivity contribution >= 4 is 5.69 Å². The summed E-state index contributed by atoms with van der Waals surface area (Å²) in [6.07, 6.45) is 0. The zero-order valence-corrected chi connectivity index (χ0v) is 10.6. The summed E-state index contributed by atoms with van der Waals surface area (Å²) in [6, 6.07) is 13.5. The maximum absolute atomic E-state index is 5.76. The Bertz CT molecular complexity index is 526. The number of benzene rings is 1. The molecule has 0 aliphatic carbocycles. The van der Waals surface area contributed by atoms with Crippen LogP contribution in [0.3, 0.4) is 0 Å². The largest absolute Gasteiger partial charge is 0.485 e. The Labute approximate surface area is 107 Å². The molecule has 0 unspecified atom stereocenters. The molecule has 2 rings (SSSR count). The molecule has 0 saturated heterocycles. The summed E-state index contributed by atoms with van der Waals surface area (Å²) in [5.41, 5.74) is 2.75. The molecule has 2 N–H and O–H groups in total. The number of aryl methyl sites for hydroxylation is 1. The van der Waals surface area contributed by atoms with Gasteiger partial charge >= 0.3 is 0 Å². The third kappa shape index (κ3) is 2.99. The van der Waals surface area contributed by atoms with Gasteiger partial charge in [0.25, 0.3) is 0 Å². The van der Waals surface area contributed by atoms with Gasteiger partial charge in [-0.25, -0.2) is 5.84 Å². The smallest absolute Gasteiger partial charge is 0.144 e. The van der Waals surface area contributed by atoms with Crippen LogP contribution in [0.5, 0.6) is 5.75 Å². The van der Waals surface area contributed by atoms with E-state index in [1.54, 1.807) is 12.1 Å². The van der Waals surface area contributed by atoms with Gasteiger partial charge in [0.2, 0.25) is 0 Å². The first-order valence-corrected chi connectivity index (χ1v) is 5.79. The highest BCUT2D eigenvalue weighted by molar-refractivity contribution is 5.56. The minimum Gasteiger partial charge on any atom is -0.485 e. The van der Waals surface area contributed by atoms with Gasteiger partial charge in [0.05, 0.1) is 11.4 Å². The number of ether oxygens (including phenoxy) is 1. The van der Waals surface area contributed by atoms with Crippen molar-refractivity contribution in [1.29, 1.82) is 0 Å². The van der Waals surface area contributed by atoms with E-state index in [-0.39, 0.29) is 0 Å². The Hall–Kier alpha value is -2.07. The average molecular weight is 243 g/mol. The number of para-hydroxylation sites is 2. The van der Waals surface area contributed by atoms with Gasteiger partial charge in [0, 0.05) is 12.7 Å². The second-order valence-corrected chi connectivity index (χ2v) is 4.14. The highest BCUT2D eigenvalue weighted by Crippen LogP contribution is 2.25. The van der Waals surface area contributed by atoms with Crippen molar-refractivity contribution < 1.29 is 4.74 Å². The molecular weight excluding hydrogens is 226 g/mol. The molecular formula is C14H17N3O. The summed E-state index contributed by atoms with van der Waals surface area (Å²) < 4.78 is 5.76. The first-order valence-electron chi connectivity index (χ1n) is 5.79. The fourth-order valence-corrected chi connectivity index (χ4v) is 1.70. The summed E-state index contributed by atoms with van der Waals surface area (Å²) >= 11 is 0. The van der Waals surface area contributed by atoms with Gasteiger partial charge in [-0.15, -0.1) is 0 Å². The molecule has 2 aromatic rings. The van der Waals surface area contributed by atoms with Crippen LogP contribution in [-0.2, 0) is 6.61 Å². The third-order valence-electron chi connectivity index (χ3n) is 2.57. The van der Waals surface area contributed by atoms with E-state index in [0.717, 1.165) is 22.8 Å². The predicted octanol–water partition coefficient (Wildman–Crippen LogP) is 2.28. The lowest BCUT2D eigenvalue weighted by Gasteiger charge is -2.17. The van der Waals surface area contributed by atoms with Crippen LogP contribution in [0.1, 0.15) is 11.4 Å². The van der Waals surface area contributed by atoms with E-state index < -0.39 is 0 Å². The van der Waals surface area contributed by atoms with Crippen molar-refractivity contribution in [2.24, 2.45) is 5.84 Å². The molecule has 0 bridgehead atoms. The van der Waals surface area contributed by atoms with Crippen LogP contribution in [0.4, 0.5) is 5.69 Å². The number of hydrogen-bond acceptors (Lipinski definition) is 4. The van der Waals surface area contributed by atoms with Gasteiger partial charge in [-0.1, -0.05) is 18.2 Å². The third-order valence-corrected chi connectivity index (χ3v) is 2.57. The van der Waals surface area contributed by atoms with Crippen LogP contribution in [0.25, 0.3) is 0 Å². The maximum atomic E-state index is 5.76. The molecule has 1 aromatic carbocycles. The lowest BCUT2D eigenvalue weighted by atomic mass is 10.3. The van der Waals surface area contributed by atoms with Crippen LogP contribution in [-0.4, -0.2) is 12.0 Å². The highest BCUT2D eigenvalue weighted by atomic mass is 16.5. The molecule has 0 aliphatic rings. The van der Waals surface area contributed by atoms with E-state index in [0.29, 0.717) is 6.61 Å². The minimum absolute atomic E-state index is 0.437. The number of hydrazine groups is 1. The van der Waals surface area contributed by atoms with Crippen molar-refractivity contribution in [1.82, 2.24) is 4.98 Å². The summed E-state index contributed by atoms with van der Waals surface area (Å²) in [5.74, 6) is 6.50. The molecule has 0 fully saturated rings. The topological polar surface area (TPSA) is 51.4 Å². The number of nitrogens with two attached hydrogens (primary N) is 1. The SMILES string of the molecule is Cc1cccc(COc2ccccc2N(C)N)n1. The zero-order chi connectivity index (χ0) is 13.0. The number of nitrogens with zero attached hydrogens (tertiary/aromatic N) is 2. The van der Waals surface area contributed by atoms with E-state index in [4.69, 9.17) is 10.6 Å². The number of anilines is 1. The highest BCUT2D eigenvalue weighted by Gasteiger charge is 2.05. The molecule has 0 spiro atoms. The van der Waals surface area contributed by atoms with Crippen LogP contribution in [0.15, 0.2) is 42.5 Å². The second-order valence-electron chi connectivity index (χ2n) is 4.14. The lowest BCUT2D eigenvalue weighted by Crippen LogP contribution is -2.25. The van der Waals surface area contributed by atoms with E-state index >= 15 is 0 Å². The normalized spacial score (nSPS) is 10.2. The quantitative estimate of drug-likeness (QED) is 0.661. The molecule has 94 valence electrons. The Morgan fingerprint density at radius 3 is 2.67 bits per heavy atom. The summed E-state index contributed by atoms with van der Waals surface area (Å²) in [6.45, 7) is 2.40. The molecule has 4 heteroatoms. The first-order chi connectivity index (χ1) is 8.66. The monoisotopic (exact) mass is 243 g/mol. The van der Waals surface area contributed by atoms with Gasteiger partial charge in [-0.3, -0.25) is 4.98 Å². The van der Waals surface area contributed by atoms with Gasteiger partial charge in [0.1, 0.15) is 12.4 Å². The van der Waals surface area contributed by atoms with Crippen molar-refractivity contribution in [3.8, 4) is 5.75 Å². The Kier molecular flexibility index (Phi) is 3.79. The number of hydrogen-bond donors (Lipinski definition) is 1. The molecule has 18 heavy (non-hydrogen) atoms. The van der Waals surface area contributed by atoms with Gasteiger partial charge in [-0.05, 0) is 31.2 Å². The van der Waals surface area contributed by atoms with Gasteiger partial charge in [-0.2, -0.15) is 0 Å². The van der Waals surface area contributed by atoms with Crippen LogP contribution < -0.4 is 15.6 Å². The summed E-state index contributed by atoms with van der Waals surface area (Å²) in [7, 11) is 1.78. The van der Waals surface area contributed by atoms with Crippen molar-refractivity contribution in [3.05, 3.63) is 53.9 Å². The summed E-state index contributed by atoms with van der Waals surface area (Å²) in [5, 5.41) is 1.54. The number of aromatic nitrogens is 1. The maximum Gasteiger partial charge on any atom is 0.144 e. The standard InChI is InChI=1S/C14H17N3O/c1-11-6-5-7-12(16-11)10-18-14-9-4-3-8-13(14)17(2)15/h3-9H,10,15H2,1-2H3. The minimum atomic E-state index is 0.437. The van der Waals surface area contributed by atoms with Gasteiger partial charge in [0.15, 0.2) is 0 Å². The number of pyridine rings is 1. The Morgan fingerprint density at radius 1 is 1.17 bits per heavy atom. The van der Waals surface area contributed by atoms with Crippen LogP contribution in [0, 0.1) is 6.92 Å². The van der Waals surface area contributed by atoms with E-state index in [9.17, 15) is 0 Å². The molecule has 0 atom stereocenters. The fraction of sp³-hybridized carbons (Fsp3) is 0.214. The Morgan fingerprint density at radius 2 is 1.94 bits per heavy atom. The molecule has 1 heterocycles. The molecule has 0 amide bonds. The van der Waals surface area contributed by atoms with Crippen molar-refractivity contribution in [2.45, 2.75) is 13.5 Å². The van der Waals surface area contributed by atoms with Gasteiger partial charge < -0.3 is 9.75 Å². The molecule has 1 aromatic heterocycles. The van der Waals surface area contributed by atoms with Crippen LogP contribution >= 0.6 is 0 Å². The van der Waals surface area contributed by atoms with E-state index in [2.05, 4.69) is 4.98 Å². The van der Waals surface area contributed by atoms with Crippen molar-refractivity contribution in [2.75, 3.05) is 12.1 Å². The predicted molar refractivity (Wildman–Crippen MR) is 72.3 cm³/mol. The zero-order valence-electron chi connectivity index (χ0n) is 10.6. The van der Waals surface area contributed by atoms with Crippen LogP contribution in [0.2, 0.25) is 0 Å². The van der Waals surface area contributed by atoms with E-state index in [1.807, 2.05) is 49.4 Å². The fourth-order valence-electron chi connectivity index (χ4n) is 1.70. The van der Waals surface area contributed by atoms with Crippen molar-refractivity contribution in [3.63, 3.8) is 0 Å². The van der Waals surface area contributed by atoms with E-state index in [1.165, 1.54) is 0 Å². The first kappa shape index (κ1) is 12.4.